The van der Waals surface area contributed by atoms with Gasteiger partial charge in [0.1, 0.15) is 12.4 Å². The smallest absolute Gasteiger partial charge is 0.230 e. The predicted octanol–water partition coefficient (Wildman–Crippen LogP) is 3.40. The van der Waals surface area contributed by atoms with E-state index in [2.05, 4.69) is 10.2 Å². The van der Waals surface area contributed by atoms with E-state index >= 15 is 0 Å². The van der Waals surface area contributed by atoms with Crippen molar-refractivity contribution in [1.82, 2.24) is 10.2 Å². The summed E-state index contributed by atoms with van der Waals surface area (Å²) in [4.78, 5) is 15.2. The molecule has 0 radical (unpaired) electrons. The zero-order chi connectivity index (χ0) is 20.1. The van der Waals surface area contributed by atoms with Crippen molar-refractivity contribution in [2.45, 2.75) is 24.8 Å². The van der Waals surface area contributed by atoms with Crippen LogP contribution in [0.3, 0.4) is 0 Å². The first-order chi connectivity index (χ1) is 14.2. The van der Waals surface area contributed by atoms with Crippen molar-refractivity contribution in [2.24, 2.45) is 0 Å². The molecule has 0 bridgehead atoms. The Labute approximate surface area is 176 Å². The van der Waals surface area contributed by atoms with Crippen molar-refractivity contribution >= 4 is 17.5 Å². The molecule has 2 fully saturated rings. The van der Waals surface area contributed by atoms with E-state index in [9.17, 15) is 4.79 Å². The summed E-state index contributed by atoms with van der Waals surface area (Å²) in [6, 6.07) is 15.6. The van der Waals surface area contributed by atoms with Crippen LogP contribution in [0.5, 0.6) is 5.75 Å². The van der Waals surface area contributed by atoms with Crippen LogP contribution in [0.4, 0.5) is 0 Å². The maximum absolute atomic E-state index is 12.8. The molecule has 6 heteroatoms. The van der Waals surface area contributed by atoms with Crippen LogP contribution in [-0.2, 0) is 21.5 Å². The number of amides is 1. The molecule has 0 aromatic heterocycles. The molecule has 29 heavy (non-hydrogen) atoms. The Hall–Kier alpha value is -2.08. The quantitative estimate of drug-likeness (QED) is 0.719. The van der Waals surface area contributed by atoms with Gasteiger partial charge in [0.15, 0.2) is 0 Å². The van der Waals surface area contributed by atoms with Crippen LogP contribution < -0.4 is 10.1 Å². The van der Waals surface area contributed by atoms with Crippen LogP contribution in [0.2, 0.25) is 5.02 Å². The average molecular weight is 415 g/mol. The van der Waals surface area contributed by atoms with E-state index < -0.39 is 5.41 Å². The van der Waals surface area contributed by atoms with Gasteiger partial charge in [0, 0.05) is 31.2 Å². The third-order valence-electron chi connectivity index (χ3n) is 5.71. The van der Waals surface area contributed by atoms with Gasteiger partial charge in [0.25, 0.3) is 0 Å². The van der Waals surface area contributed by atoms with Gasteiger partial charge in [-0.15, -0.1) is 0 Å². The second-order valence-electron chi connectivity index (χ2n) is 7.72. The van der Waals surface area contributed by atoms with E-state index in [0.717, 1.165) is 62.6 Å². The van der Waals surface area contributed by atoms with Crippen LogP contribution in [0, 0.1) is 0 Å². The van der Waals surface area contributed by atoms with E-state index in [0.29, 0.717) is 18.2 Å². The molecule has 1 aliphatic carbocycles. The zero-order valence-corrected chi connectivity index (χ0v) is 17.3. The summed E-state index contributed by atoms with van der Waals surface area (Å²) in [5.41, 5.74) is 1.69. The minimum atomic E-state index is -0.392. The number of morpholine rings is 1. The fraction of sp³-hybridized carbons (Fsp3) is 0.435. The molecule has 2 aromatic carbocycles. The number of carbonyl (C=O) groups is 1. The molecule has 0 atom stereocenters. The van der Waals surface area contributed by atoms with E-state index in [1.54, 1.807) is 0 Å². The topological polar surface area (TPSA) is 50.8 Å². The highest BCUT2D eigenvalue weighted by Crippen LogP contribution is 2.48. The minimum absolute atomic E-state index is 0.0819. The Morgan fingerprint density at radius 3 is 2.62 bits per heavy atom. The van der Waals surface area contributed by atoms with Crippen molar-refractivity contribution in [3.63, 3.8) is 0 Å². The highest BCUT2D eigenvalue weighted by Gasteiger charge is 2.51. The number of benzene rings is 2. The number of hydrogen-bond donors (Lipinski definition) is 1. The van der Waals surface area contributed by atoms with Gasteiger partial charge in [-0.25, -0.2) is 0 Å². The lowest BCUT2D eigenvalue weighted by Crippen LogP contribution is -2.38. The first-order valence-corrected chi connectivity index (χ1v) is 10.6. The van der Waals surface area contributed by atoms with Crippen molar-refractivity contribution in [3.05, 3.63) is 64.7 Å². The molecule has 2 aliphatic rings. The van der Waals surface area contributed by atoms with Gasteiger partial charge in [-0.05, 0) is 48.2 Å². The summed E-state index contributed by atoms with van der Waals surface area (Å²) in [5, 5.41) is 3.79. The molecule has 0 spiro atoms. The van der Waals surface area contributed by atoms with Crippen molar-refractivity contribution in [3.8, 4) is 5.75 Å². The van der Waals surface area contributed by atoms with Gasteiger partial charge < -0.3 is 14.8 Å². The largest absolute Gasteiger partial charge is 0.492 e. The summed E-state index contributed by atoms with van der Waals surface area (Å²) >= 11 is 5.98. The Bertz CT molecular complexity index is 830. The van der Waals surface area contributed by atoms with Crippen LogP contribution in [-0.4, -0.2) is 50.3 Å². The normalized spacial score (nSPS) is 18.2. The summed E-state index contributed by atoms with van der Waals surface area (Å²) in [6.07, 6.45) is 1.76. The SMILES string of the molecule is O=C(NCc1cccc(OCCN2CCOCC2)c1)C1(c2ccc(Cl)cc2)CC1. The van der Waals surface area contributed by atoms with Crippen LogP contribution in [0.25, 0.3) is 0 Å². The molecule has 1 saturated carbocycles. The maximum atomic E-state index is 12.8. The lowest BCUT2D eigenvalue weighted by Gasteiger charge is -2.26. The molecule has 1 amide bonds. The second kappa shape index (κ2) is 9.16. The Kier molecular flexibility index (Phi) is 6.38. The van der Waals surface area contributed by atoms with Crippen molar-refractivity contribution in [1.29, 1.82) is 0 Å². The number of nitrogens with one attached hydrogen (secondary N) is 1. The molecule has 2 aromatic rings. The first kappa shape index (κ1) is 20.2. The van der Waals surface area contributed by atoms with Crippen LogP contribution in [0.1, 0.15) is 24.0 Å². The summed E-state index contributed by atoms with van der Waals surface area (Å²) in [5.74, 6) is 0.919. The first-order valence-electron chi connectivity index (χ1n) is 10.2. The molecular formula is C23H27ClN2O3. The molecule has 4 rings (SSSR count). The highest BCUT2D eigenvalue weighted by atomic mass is 35.5. The number of ether oxygens (including phenoxy) is 2. The molecule has 0 unspecified atom stereocenters. The van der Waals surface area contributed by atoms with Gasteiger partial charge in [-0.3, -0.25) is 9.69 Å². The van der Waals surface area contributed by atoms with Gasteiger partial charge in [-0.1, -0.05) is 35.9 Å². The monoisotopic (exact) mass is 414 g/mol. The van der Waals surface area contributed by atoms with E-state index in [-0.39, 0.29) is 5.91 Å². The lowest BCUT2D eigenvalue weighted by atomic mass is 9.95. The van der Waals surface area contributed by atoms with Gasteiger partial charge in [0.2, 0.25) is 5.91 Å². The van der Waals surface area contributed by atoms with Crippen LogP contribution >= 0.6 is 11.6 Å². The third-order valence-corrected chi connectivity index (χ3v) is 5.96. The maximum Gasteiger partial charge on any atom is 0.230 e. The zero-order valence-electron chi connectivity index (χ0n) is 16.5. The Morgan fingerprint density at radius 1 is 1.14 bits per heavy atom. The van der Waals surface area contributed by atoms with Crippen molar-refractivity contribution < 1.29 is 14.3 Å². The number of rotatable bonds is 8. The Balaban J connectivity index is 1.28. The van der Waals surface area contributed by atoms with Gasteiger partial charge >= 0.3 is 0 Å². The van der Waals surface area contributed by atoms with Crippen molar-refractivity contribution in [2.75, 3.05) is 39.5 Å². The summed E-state index contributed by atoms with van der Waals surface area (Å²) in [6.45, 7) is 5.56. The number of hydrogen-bond acceptors (Lipinski definition) is 4. The van der Waals surface area contributed by atoms with E-state index in [1.165, 1.54) is 0 Å². The lowest BCUT2D eigenvalue weighted by molar-refractivity contribution is -0.123. The molecule has 1 heterocycles. The summed E-state index contributed by atoms with van der Waals surface area (Å²) < 4.78 is 11.3. The standard InChI is InChI=1S/C23H27ClN2O3/c24-20-6-4-19(5-7-20)23(8-9-23)22(27)25-17-18-2-1-3-21(16-18)29-15-12-26-10-13-28-14-11-26/h1-7,16H,8-15,17H2,(H,25,27). The number of nitrogens with zero attached hydrogens (tertiary/aromatic N) is 1. The highest BCUT2D eigenvalue weighted by molar-refractivity contribution is 6.30. The molecule has 1 saturated heterocycles. The minimum Gasteiger partial charge on any atom is -0.492 e. The van der Waals surface area contributed by atoms with E-state index in [1.807, 2.05) is 48.5 Å². The predicted molar refractivity (Wildman–Crippen MR) is 113 cm³/mol. The second-order valence-corrected chi connectivity index (χ2v) is 8.16. The molecular weight excluding hydrogens is 388 g/mol. The Morgan fingerprint density at radius 2 is 1.90 bits per heavy atom. The van der Waals surface area contributed by atoms with Crippen LogP contribution in [0.15, 0.2) is 48.5 Å². The van der Waals surface area contributed by atoms with Gasteiger partial charge in [-0.2, -0.15) is 0 Å². The number of halogens is 1. The number of carbonyl (C=O) groups excluding carboxylic acids is 1. The van der Waals surface area contributed by atoms with Gasteiger partial charge in [0.05, 0.1) is 18.6 Å². The third kappa shape index (κ3) is 5.10. The fourth-order valence-corrected chi connectivity index (χ4v) is 3.88. The molecule has 154 valence electrons. The molecule has 1 N–H and O–H groups in total. The van der Waals surface area contributed by atoms with E-state index in [4.69, 9.17) is 21.1 Å². The average Bonchev–Trinajstić information content (AvgIpc) is 3.56. The fourth-order valence-electron chi connectivity index (χ4n) is 3.75. The summed E-state index contributed by atoms with van der Waals surface area (Å²) in [7, 11) is 0. The molecule has 1 aliphatic heterocycles. The molecule has 5 nitrogen and oxygen atoms in total.